The molecule has 2 N–H and O–H groups in total. The van der Waals surface area contributed by atoms with Crippen molar-refractivity contribution in [1.29, 1.82) is 0 Å². The number of hydrogen-bond acceptors (Lipinski definition) is 1. The predicted molar refractivity (Wildman–Crippen MR) is 49.8 cm³/mol. The summed E-state index contributed by atoms with van der Waals surface area (Å²) in [6.45, 7) is 1.55. The quantitative estimate of drug-likeness (QED) is 0.765. The SMILES string of the molecule is C/C(=C\c1cc(Br)c[nH]1)C(=O)O. The Morgan fingerprint density at radius 1 is 1.75 bits per heavy atom. The van der Waals surface area contributed by atoms with Gasteiger partial charge >= 0.3 is 5.97 Å². The number of carboxylic acids is 1. The largest absolute Gasteiger partial charge is 0.478 e. The summed E-state index contributed by atoms with van der Waals surface area (Å²) >= 11 is 3.25. The van der Waals surface area contributed by atoms with Crippen LogP contribution < -0.4 is 0 Å². The van der Waals surface area contributed by atoms with Crippen LogP contribution in [-0.2, 0) is 4.79 Å². The third-order valence-electron chi connectivity index (χ3n) is 1.38. The second-order valence-electron chi connectivity index (χ2n) is 2.41. The second-order valence-corrected chi connectivity index (χ2v) is 3.32. The van der Waals surface area contributed by atoms with Crippen molar-refractivity contribution in [1.82, 2.24) is 4.98 Å². The maximum absolute atomic E-state index is 10.4. The van der Waals surface area contributed by atoms with Gasteiger partial charge in [-0.3, -0.25) is 0 Å². The molecule has 1 heterocycles. The molecule has 1 aromatic heterocycles. The molecule has 0 aliphatic heterocycles. The summed E-state index contributed by atoms with van der Waals surface area (Å²) in [5.41, 5.74) is 1.09. The average molecular weight is 230 g/mol. The van der Waals surface area contributed by atoms with E-state index in [-0.39, 0.29) is 0 Å². The summed E-state index contributed by atoms with van der Waals surface area (Å²) in [5, 5.41) is 8.56. The molecule has 0 amide bonds. The van der Waals surface area contributed by atoms with Gasteiger partial charge in [-0.2, -0.15) is 0 Å². The number of hydrogen-bond donors (Lipinski definition) is 2. The predicted octanol–water partition coefficient (Wildman–Crippen LogP) is 2.27. The molecule has 1 aromatic rings. The van der Waals surface area contributed by atoms with Crippen LogP contribution in [0.5, 0.6) is 0 Å². The van der Waals surface area contributed by atoms with Crippen LogP contribution >= 0.6 is 15.9 Å². The Balaban J connectivity index is 2.87. The molecular weight excluding hydrogens is 222 g/mol. The van der Waals surface area contributed by atoms with Gasteiger partial charge in [0.25, 0.3) is 0 Å². The first-order valence-electron chi connectivity index (χ1n) is 3.35. The number of rotatable bonds is 2. The second kappa shape index (κ2) is 3.58. The zero-order valence-corrected chi connectivity index (χ0v) is 8.05. The third kappa shape index (κ3) is 2.23. The maximum Gasteiger partial charge on any atom is 0.331 e. The lowest BCUT2D eigenvalue weighted by atomic mass is 10.2. The number of aliphatic carboxylic acids is 1. The maximum atomic E-state index is 10.4. The Labute approximate surface area is 78.2 Å². The fourth-order valence-corrected chi connectivity index (χ4v) is 1.12. The topological polar surface area (TPSA) is 53.1 Å². The van der Waals surface area contributed by atoms with E-state index in [0.29, 0.717) is 5.57 Å². The van der Waals surface area contributed by atoms with Gasteiger partial charge in [-0.25, -0.2) is 4.79 Å². The molecule has 0 atom stereocenters. The first kappa shape index (κ1) is 9.06. The zero-order chi connectivity index (χ0) is 9.14. The summed E-state index contributed by atoms with van der Waals surface area (Å²) in [4.78, 5) is 13.3. The first-order chi connectivity index (χ1) is 5.59. The lowest BCUT2D eigenvalue weighted by Crippen LogP contribution is -1.95. The van der Waals surface area contributed by atoms with Crippen molar-refractivity contribution in [3.8, 4) is 0 Å². The molecule has 0 unspecified atom stereocenters. The standard InChI is InChI=1S/C8H8BrNO2/c1-5(8(11)12)2-7-3-6(9)4-10-7/h2-4,10H,1H3,(H,11,12)/b5-2+. The number of nitrogens with one attached hydrogen (secondary N) is 1. The van der Waals surface area contributed by atoms with Gasteiger partial charge in [-0.05, 0) is 35.0 Å². The molecule has 0 aliphatic rings. The molecule has 4 heteroatoms. The Morgan fingerprint density at radius 2 is 2.42 bits per heavy atom. The van der Waals surface area contributed by atoms with Crippen LogP contribution in [0.25, 0.3) is 6.08 Å². The van der Waals surface area contributed by atoms with Crippen LogP contribution in [0.15, 0.2) is 22.3 Å². The van der Waals surface area contributed by atoms with Gasteiger partial charge in [-0.15, -0.1) is 0 Å². The summed E-state index contributed by atoms with van der Waals surface area (Å²) in [5.74, 6) is -0.902. The highest BCUT2D eigenvalue weighted by Gasteiger charge is 2.00. The van der Waals surface area contributed by atoms with E-state index in [1.54, 1.807) is 19.2 Å². The Kier molecular flexibility index (Phi) is 2.70. The molecule has 0 spiro atoms. The molecule has 0 fully saturated rings. The Morgan fingerprint density at radius 3 is 2.83 bits per heavy atom. The third-order valence-corrected chi connectivity index (χ3v) is 1.84. The Hall–Kier alpha value is -1.03. The summed E-state index contributed by atoms with van der Waals surface area (Å²) in [6, 6.07) is 1.81. The molecule has 12 heavy (non-hydrogen) atoms. The van der Waals surface area contributed by atoms with Crippen LogP contribution in [0.3, 0.4) is 0 Å². The highest BCUT2D eigenvalue weighted by atomic mass is 79.9. The number of aromatic amines is 1. The highest BCUT2D eigenvalue weighted by Crippen LogP contribution is 2.13. The van der Waals surface area contributed by atoms with Gasteiger partial charge in [0, 0.05) is 21.9 Å². The molecule has 0 aliphatic carbocycles. The average Bonchev–Trinajstić information content (AvgIpc) is 2.35. The lowest BCUT2D eigenvalue weighted by molar-refractivity contribution is -0.132. The summed E-state index contributed by atoms with van der Waals surface area (Å²) < 4.78 is 0.909. The van der Waals surface area contributed by atoms with Crippen LogP contribution in [0.4, 0.5) is 0 Å². The minimum absolute atomic E-state index is 0.310. The van der Waals surface area contributed by atoms with Crippen LogP contribution in [-0.4, -0.2) is 16.1 Å². The van der Waals surface area contributed by atoms with Gasteiger partial charge in [0.15, 0.2) is 0 Å². The van der Waals surface area contributed by atoms with Crippen molar-refractivity contribution in [2.24, 2.45) is 0 Å². The molecule has 0 radical (unpaired) electrons. The smallest absolute Gasteiger partial charge is 0.331 e. The van der Waals surface area contributed by atoms with E-state index < -0.39 is 5.97 Å². The van der Waals surface area contributed by atoms with Gasteiger partial charge < -0.3 is 10.1 Å². The number of carboxylic acid groups (broad SMARTS) is 1. The lowest BCUT2D eigenvalue weighted by Gasteiger charge is -1.90. The molecule has 3 nitrogen and oxygen atoms in total. The van der Waals surface area contributed by atoms with Gasteiger partial charge in [0.05, 0.1) is 0 Å². The molecule has 0 bridgehead atoms. The monoisotopic (exact) mass is 229 g/mol. The molecule has 0 saturated carbocycles. The van der Waals surface area contributed by atoms with E-state index >= 15 is 0 Å². The van der Waals surface area contributed by atoms with E-state index in [2.05, 4.69) is 20.9 Å². The number of aromatic nitrogens is 1. The van der Waals surface area contributed by atoms with E-state index in [9.17, 15) is 4.79 Å². The van der Waals surface area contributed by atoms with Crippen LogP contribution in [0.2, 0.25) is 0 Å². The minimum atomic E-state index is -0.902. The van der Waals surface area contributed by atoms with E-state index in [0.717, 1.165) is 10.2 Å². The van der Waals surface area contributed by atoms with Gasteiger partial charge in [0.2, 0.25) is 0 Å². The first-order valence-corrected chi connectivity index (χ1v) is 4.14. The fraction of sp³-hybridized carbons (Fsp3) is 0.125. The summed E-state index contributed by atoms with van der Waals surface area (Å²) in [6.07, 6.45) is 3.33. The zero-order valence-electron chi connectivity index (χ0n) is 6.47. The normalized spacial score (nSPS) is 11.7. The molecular formula is C8H8BrNO2. The number of carbonyl (C=O) groups is 1. The van der Waals surface area contributed by atoms with Crippen molar-refractivity contribution < 1.29 is 9.90 Å². The molecule has 0 aromatic carbocycles. The number of H-pyrrole nitrogens is 1. The van der Waals surface area contributed by atoms with E-state index in [4.69, 9.17) is 5.11 Å². The molecule has 1 rings (SSSR count). The highest BCUT2D eigenvalue weighted by molar-refractivity contribution is 9.10. The van der Waals surface area contributed by atoms with Crippen LogP contribution in [0.1, 0.15) is 12.6 Å². The minimum Gasteiger partial charge on any atom is -0.478 e. The van der Waals surface area contributed by atoms with E-state index in [1.807, 2.05) is 6.07 Å². The molecule has 64 valence electrons. The van der Waals surface area contributed by atoms with Crippen molar-refractivity contribution in [2.75, 3.05) is 0 Å². The van der Waals surface area contributed by atoms with Crippen molar-refractivity contribution in [3.63, 3.8) is 0 Å². The molecule has 0 saturated heterocycles. The number of halogens is 1. The van der Waals surface area contributed by atoms with Gasteiger partial charge in [-0.1, -0.05) is 0 Å². The van der Waals surface area contributed by atoms with Gasteiger partial charge in [0.1, 0.15) is 0 Å². The van der Waals surface area contributed by atoms with Crippen molar-refractivity contribution in [2.45, 2.75) is 6.92 Å². The van der Waals surface area contributed by atoms with Crippen molar-refractivity contribution >= 4 is 28.0 Å². The van der Waals surface area contributed by atoms with E-state index in [1.165, 1.54) is 0 Å². The van der Waals surface area contributed by atoms with Crippen molar-refractivity contribution in [3.05, 3.63) is 28.0 Å². The summed E-state index contributed by atoms with van der Waals surface area (Å²) in [7, 11) is 0. The Bertz CT molecular complexity index is 328. The fourth-order valence-electron chi connectivity index (χ4n) is 0.762. The van der Waals surface area contributed by atoms with Crippen LogP contribution in [0, 0.1) is 0 Å².